The van der Waals surface area contributed by atoms with Crippen LogP contribution in [0.25, 0.3) is 5.65 Å². The van der Waals surface area contributed by atoms with Crippen LogP contribution in [0.3, 0.4) is 0 Å². The summed E-state index contributed by atoms with van der Waals surface area (Å²) in [5.41, 5.74) is 7.38. The molecule has 0 aromatic carbocycles. The second kappa shape index (κ2) is 4.71. The quantitative estimate of drug-likeness (QED) is 0.858. The van der Waals surface area contributed by atoms with Crippen molar-refractivity contribution >= 4 is 11.5 Å². The molecule has 2 heterocycles. The van der Waals surface area contributed by atoms with Crippen LogP contribution in [0, 0.1) is 0 Å². The number of aromatic nitrogens is 3. The number of fused-ring (bicyclic) bond motifs is 1. The molecule has 0 fully saturated rings. The van der Waals surface area contributed by atoms with Crippen LogP contribution in [0.15, 0.2) is 18.3 Å². The van der Waals surface area contributed by atoms with Crippen LogP contribution >= 0.6 is 0 Å². The minimum Gasteiger partial charge on any atom is -0.356 e. The molecule has 2 rings (SSSR count). The van der Waals surface area contributed by atoms with E-state index in [1.165, 1.54) is 0 Å². The van der Waals surface area contributed by atoms with Gasteiger partial charge in [-0.1, -0.05) is 0 Å². The Hall–Kier alpha value is -1.62. The van der Waals surface area contributed by atoms with E-state index in [4.69, 9.17) is 5.73 Å². The van der Waals surface area contributed by atoms with E-state index in [1.54, 1.807) is 0 Å². The highest BCUT2D eigenvalue weighted by Gasteiger charge is 2.08. The summed E-state index contributed by atoms with van der Waals surface area (Å²) in [6.45, 7) is 4.89. The average Bonchev–Trinajstić information content (AvgIpc) is 2.69. The van der Waals surface area contributed by atoms with E-state index in [0.717, 1.165) is 23.6 Å². The molecule has 2 aromatic rings. The minimum atomic E-state index is 0.423. The molecule has 0 saturated carbocycles. The van der Waals surface area contributed by atoms with Crippen LogP contribution < -0.4 is 10.6 Å². The third-order valence-corrected chi connectivity index (χ3v) is 2.89. The number of anilines is 1. The lowest BCUT2D eigenvalue weighted by atomic mass is 10.3. The van der Waals surface area contributed by atoms with Crippen LogP contribution in [-0.2, 0) is 6.42 Å². The van der Waals surface area contributed by atoms with Crippen LogP contribution in [-0.4, -0.2) is 34.2 Å². The standard InChI is InChI=1S/C12H19N5/c1-9(2)16(3)12-5-4-11-14-10(6-7-13)8-17(11)15-12/h4-5,8-9H,6-7,13H2,1-3H3. The molecule has 0 bridgehead atoms. The van der Waals surface area contributed by atoms with Crippen LogP contribution in [0.5, 0.6) is 0 Å². The highest BCUT2D eigenvalue weighted by Crippen LogP contribution is 2.13. The van der Waals surface area contributed by atoms with Gasteiger partial charge in [0.1, 0.15) is 5.82 Å². The van der Waals surface area contributed by atoms with Gasteiger partial charge in [0.05, 0.1) is 11.9 Å². The summed E-state index contributed by atoms with van der Waals surface area (Å²) in [7, 11) is 2.04. The van der Waals surface area contributed by atoms with E-state index >= 15 is 0 Å². The molecule has 0 aliphatic heterocycles. The maximum atomic E-state index is 5.52. The number of nitrogens with two attached hydrogens (primary N) is 1. The Morgan fingerprint density at radius 1 is 1.41 bits per heavy atom. The Labute approximate surface area is 101 Å². The lowest BCUT2D eigenvalue weighted by Gasteiger charge is -2.22. The van der Waals surface area contributed by atoms with Gasteiger partial charge >= 0.3 is 0 Å². The third-order valence-electron chi connectivity index (χ3n) is 2.89. The van der Waals surface area contributed by atoms with E-state index in [-0.39, 0.29) is 0 Å². The number of hydrogen-bond donors (Lipinski definition) is 1. The normalized spacial score (nSPS) is 11.4. The highest BCUT2D eigenvalue weighted by molar-refractivity contribution is 5.46. The first-order chi connectivity index (χ1) is 8.11. The molecule has 0 unspecified atom stereocenters. The van der Waals surface area contributed by atoms with Crippen molar-refractivity contribution in [2.75, 3.05) is 18.5 Å². The van der Waals surface area contributed by atoms with E-state index in [9.17, 15) is 0 Å². The summed E-state index contributed by atoms with van der Waals surface area (Å²) < 4.78 is 1.82. The fourth-order valence-electron chi connectivity index (χ4n) is 1.64. The molecule has 17 heavy (non-hydrogen) atoms. The molecule has 92 valence electrons. The van der Waals surface area contributed by atoms with Gasteiger partial charge in [-0.15, -0.1) is 5.10 Å². The highest BCUT2D eigenvalue weighted by atomic mass is 15.3. The summed E-state index contributed by atoms with van der Waals surface area (Å²) in [6, 6.07) is 4.41. The van der Waals surface area contributed by atoms with Gasteiger partial charge in [-0.3, -0.25) is 0 Å². The molecule has 0 spiro atoms. The van der Waals surface area contributed by atoms with Crippen molar-refractivity contribution in [2.24, 2.45) is 5.73 Å². The van der Waals surface area contributed by atoms with Crippen molar-refractivity contribution in [3.05, 3.63) is 24.0 Å². The van der Waals surface area contributed by atoms with Crippen molar-refractivity contribution in [2.45, 2.75) is 26.3 Å². The fraction of sp³-hybridized carbons (Fsp3) is 0.500. The predicted molar refractivity (Wildman–Crippen MR) is 69.3 cm³/mol. The van der Waals surface area contributed by atoms with Gasteiger partial charge in [0.2, 0.25) is 0 Å². The Bertz CT molecular complexity index is 503. The SMILES string of the molecule is CC(C)N(C)c1ccc2nc(CCN)cn2n1. The summed E-state index contributed by atoms with van der Waals surface area (Å²) in [6.07, 6.45) is 2.73. The number of imidazole rings is 1. The smallest absolute Gasteiger partial charge is 0.153 e. The molecule has 5 heteroatoms. The molecule has 2 N–H and O–H groups in total. The maximum Gasteiger partial charge on any atom is 0.153 e. The van der Waals surface area contributed by atoms with Gasteiger partial charge in [-0.05, 0) is 32.5 Å². The molecule has 0 radical (unpaired) electrons. The van der Waals surface area contributed by atoms with Crippen molar-refractivity contribution in [3.63, 3.8) is 0 Å². The first-order valence-electron chi connectivity index (χ1n) is 5.90. The number of rotatable bonds is 4. The third kappa shape index (κ3) is 2.39. The maximum absolute atomic E-state index is 5.52. The summed E-state index contributed by atoms with van der Waals surface area (Å²) in [5, 5.41) is 4.54. The first-order valence-corrected chi connectivity index (χ1v) is 5.90. The molecule has 0 aliphatic carbocycles. The lowest BCUT2D eigenvalue weighted by molar-refractivity contribution is 0.728. The topological polar surface area (TPSA) is 59.5 Å². The van der Waals surface area contributed by atoms with E-state index in [0.29, 0.717) is 12.6 Å². The van der Waals surface area contributed by atoms with E-state index in [1.807, 2.05) is 29.9 Å². The van der Waals surface area contributed by atoms with E-state index in [2.05, 4.69) is 28.8 Å². The zero-order chi connectivity index (χ0) is 12.4. The molecule has 5 nitrogen and oxygen atoms in total. The zero-order valence-electron chi connectivity index (χ0n) is 10.6. The van der Waals surface area contributed by atoms with Crippen molar-refractivity contribution in [3.8, 4) is 0 Å². The first kappa shape index (κ1) is 11.9. The monoisotopic (exact) mass is 233 g/mol. The number of nitrogens with zero attached hydrogens (tertiary/aromatic N) is 4. The Balaban J connectivity index is 2.36. The second-order valence-corrected chi connectivity index (χ2v) is 4.47. The van der Waals surface area contributed by atoms with Gasteiger partial charge in [0.15, 0.2) is 5.65 Å². The van der Waals surface area contributed by atoms with E-state index < -0.39 is 0 Å². The Morgan fingerprint density at radius 3 is 2.82 bits per heavy atom. The molecule has 0 amide bonds. The average molecular weight is 233 g/mol. The zero-order valence-corrected chi connectivity index (χ0v) is 10.6. The largest absolute Gasteiger partial charge is 0.356 e. The lowest BCUT2D eigenvalue weighted by Crippen LogP contribution is -2.26. The Morgan fingerprint density at radius 2 is 2.18 bits per heavy atom. The summed E-state index contributed by atoms with van der Waals surface area (Å²) in [5.74, 6) is 0.948. The summed E-state index contributed by atoms with van der Waals surface area (Å²) in [4.78, 5) is 6.58. The number of hydrogen-bond acceptors (Lipinski definition) is 4. The van der Waals surface area contributed by atoms with Crippen molar-refractivity contribution < 1.29 is 0 Å². The molecule has 0 atom stereocenters. The van der Waals surface area contributed by atoms with Gasteiger partial charge in [-0.25, -0.2) is 9.50 Å². The summed E-state index contributed by atoms with van der Waals surface area (Å²) >= 11 is 0. The second-order valence-electron chi connectivity index (χ2n) is 4.47. The van der Waals surface area contributed by atoms with Gasteiger partial charge in [0.25, 0.3) is 0 Å². The van der Waals surface area contributed by atoms with Crippen LogP contribution in [0.4, 0.5) is 5.82 Å². The van der Waals surface area contributed by atoms with Gasteiger partial charge < -0.3 is 10.6 Å². The molecule has 2 aromatic heterocycles. The molecule has 0 aliphatic rings. The van der Waals surface area contributed by atoms with Crippen molar-refractivity contribution in [1.29, 1.82) is 0 Å². The predicted octanol–water partition coefficient (Wildman–Crippen LogP) is 1.08. The Kier molecular flexibility index (Phi) is 3.28. The minimum absolute atomic E-state index is 0.423. The molecular formula is C12H19N5. The van der Waals surface area contributed by atoms with Crippen molar-refractivity contribution in [1.82, 2.24) is 14.6 Å². The van der Waals surface area contributed by atoms with Gasteiger partial charge in [0, 0.05) is 19.5 Å². The van der Waals surface area contributed by atoms with Gasteiger partial charge in [-0.2, -0.15) is 0 Å². The fourth-order valence-corrected chi connectivity index (χ4v) is 1.64. The molecular weight excluding hydrogens is 214 g/mol. The van der Waals surface area contributed by atoms with Crippen LogP contribution in [0.1, 0.15) is 19.5 Å². The molecule has 0 saturated heterocycles. The van der Waals surface area contributed by atoms with Crippen LogP contribution in [0.2, 0.25) is 0 Å².